The van der Waals surface area contributed by atoms with Crippen molar-refractivity contribution in [3.05, 3.63) is 57.5 Å². The first-order valence-corrected chi connectivity index (χ1v) is 9.37. The van der Waals surface area contributed by atoms with E-state index in [0.29, 0.717) is 15.2 Å². The van der Waals surface area contributed by atoms with Crippen LogP contribution in [0.2, 0.25) is 5.02 Å². The van der Waals surface area contributed by atoms with Crippen LogP contribution in [0, 0.1) is 0 Å². The number of benzene rings is 2. The van der Waals surface area contributed by atoms with Crippen LogP contribution in [-0.2, 0) is 14.8 Å². The van der Waals surface area contributed by atoms with Crippen molar-refractivity contribution in [3.8, 4) is 5.75 Å². The molecule has 0 aliphatic rings. The zero-order valence-corrected chi connectivity index (χ0v) is 15.4. The van der Waals surface area contributed by atoms with E-state index >= 15 is 0 Å². The molecule has 0 unspecified atom stereocenters. The first kappa shape index (κ1) is 18.7. The van der Waals surface area contributed by atoms with Gasteiger partial charge in [-0.3, -0.25) is 0 Å². The van der Waals surface area contributed by atoms with Crippen molar-refractivity contribution in [3.63, 3.8) is 0 Å². The van der Waals surface area contributed by atoms with Gasteiger partial charge in [-0.1, -0.05) is 17.7 Å². The molecule has 24 heavy (non-hydrogen) atoms. The molecule has 0 bridgehead atoms. The maximum atomic E-state index is 12.0. The van der Waals surface area contributed by atoms with Crippen LogP contribution in [0.3, 0.4) is 0 Å². The van der Waals surface area contributed by atoms with Crippen LogP contribution in [0.4, 0.5) is 0 Å². The van der Waals surface area contributed by atoms with Gasteiger partial charge >= 0.3 is 5.97 Å². The second kappa shape index (κ2) is 7.98. The molecule has 0 spiro atoms. The van der Waals surface area contributed by atoms with Gasteiger partial charge < -0.3 is 9.47 Å². The van der Waals surface area contributed by atoms with Gasteiger partial charge in [0.15, 0.2) is 0 Å². The van der Waals surface area contributed by atoms with Gasteiger partial charge in [0.05, 0.1) is 10.5 Å². The molecule has 2 N–H and O–H groups in total. The Bertz CT molecular complexity index is 857. The summed E-state index contributed by atoms with van der Waals surface area (Å²) in [6, 6.07) is 10.7. The zero-order chi connectivity index (χ0) is 17.7. The molecule has 0 saturated heterocycles. The number of hydrogen-bond acceptors (Lipinski definition) is 5. The molecule has 0 atom stereocenters. The number of esters is 1. The Labute approximate surface area is 152 Å². The number of primary sulfonamides is 1. The zero-order valence-electron chi connectivity index (χ0n) is 12.2. The van der Waals surface area contributed by atoms with Gasteiger partial charge in [-0.05, 0) is 52.3 Å². The highest BCUT2D eigenvalue weighted by Gasteiger charge is 2.16. The lowest BCUT2D eigenvalue weighted by atomic mass is 10.2. The maximum Gasteiger partial charge on any atom is 0.339 e. The average Bonchev–Trinajstić information content (AvgIpc) is 2.50. The Morgan fingerprint density at radius 3 is 2.58 bits per heavy atom. The van der Waals surface area contributed by atoms with Crippen LogP contribution in [0.1, 0.15) is 10.4 Å². The van der Waals surface area contributed by atoms with Crippen molar-refractivity contribution in [1.29, 1.82) is 0 Å². The van der Waals surface area contributed by atoms with E-state index in [1.165, 1.54) is 12.1 Å². The van der Waals surface area contributed by atoms with Crippen molar-refractivity contribution in [1.82, 2.24) is 0 Å². The summed E-state index contributed by atoms with van der Waals surface area (Å²) in [5, 5.41) is 5.58. The Morgan fingerprint density at radius 1 is 1.17 bits per heavy atom. The van der Waals surface area contributed by atoms with E-state index < -0.39 is 16.0 Å². The molecule has 0 amide bonds. The molecule has 128 valence electrons. The van der Waals surface area contributed by atoms with Gasteiger partial charge in [0, 0.05) is 9.50 Å². The van der Waals surface area contributed by atoms with Crippen LogP contribution >= 0.6 is 27.5 Å². The lowest BCUT2D eigenvalue weighted by molar-refractivity contribution is 0.0449. The Morgan fingerprint density at radius 2 is 1.92 bits per heavy atom. The summed E-state index contributed by atoms with van der Waals surface area (Å²) in [5.74, 6) is -0.141. The van der Waals surface area contributed by atoms with Crippen molar-refractivity contribution in [2.45, 2.75) is 4.90 Å². The predicted octanol–water partition coefficient (Wildman–Crippen LogP) is 2.99. The topological polar surface area (TPSA) is 95.7 Å². The predicted molar refractivity (Wildman–Crippen MR) is 92.7 cm³/mol. The summed E-state index contributed by atoms with van der Waals surface area (Å²) in [4.78, 5) is 11.9. The summed E-state index contributed by atoms with van der Waals surface area (Å²) in [7, 11) is -3.91. The van der Waals surface area contributed by atoms with Gasteiger partial charge in [-0.2, -0.15) is 0 Å². The molecule has 0 radical (unpaired) electrons. The van der Waals surface area contributed by atoms with Gasteiger partial charge in [0.2, 0.25) is 10.0 Å². The minimum Gasteiger partial charge on any atom is -0.490 e. The number of halogens is 2. The first-order chi connectivity index (χ1) is 11.3. The van der Waals surface area contributed by atoms with Gasteiger partial charge in [-0.25, -0.2) is 18.4 Å². The van der Waals surface area contributed by atoms with Crippen LogP contribution in [-0.4, -0.2) is 27.6 Å². The average molecular weight is 435 g/mol. The van der Waals surface area contributed by atoms with E-state index in [1.54, 1.807) is 24.3 Å². The van der Waals surface area contributed by atoms with E-state index in [9.17, 15) is 13.2 Å². The maximum absolute atomic E-state index is 12.0. The smallest absolute Gasteiger partial charge is 0.339 e. The van der Waals surface area contributed by atoms with E-state index in [2.05, 4.69) is 15.9 Å². The largest absolute Gasteiger partial charge is 0.490 e. The van der Waals surface area contributed by atoms with Gasteiger partial charge in [-0.15, -0.1) is 0 Å². The number of sulfonamides is 1. The molecule has 9 heteroatoms. The van der Waals surface area contributed by atoms with Crippen LogP contribution in [0.5, 0.6) is 5.75 Å². The fourth-order valence-electron chi connectivity index (χ4n) is 1.77. The van der Waals surface area contributed by atoms with Crippen LogP contribution < -0.4 is 9.88 Å². The van der Waals surface area contributed by atoms with E-state index in [-0.39, 0.29) is 23.7 Å². The third-order valence-corrected chi connectivity index (χ3v) is 4.71. The standard InChI is InChI=1S/C15H13BrClNO5S/c16-14-5-4-12(24(18,20)21)9-13(14)15(19)23-7-6-22-11-3-1-2-10(17)8-11/h1-5,8-9H,6-7H2,(H2,18,20,21). The molecular weight excluding hydrogens is 422 g/mol. The molecule has 0 aromatic heterocycles. The first-order valence-electron chi connectivity index (χ1n) is 6.65. The second-order valence-electron chi connectivity index (χ2n) is 4.63. The number of carbonyl (C=O) groups is 1. The second-order valence-corrected chi connectivity index (χ2v) is 7.48. The molecule has 2 aromatic rings. The van der Waals surface area contributed by atoms with Crippen molar-refractivity contribution < 1.29 is 22.7 Å². The summed E-state index contributed by atoms with van der Waals surface area (Å²) in [6.07, 6.45) is 0. The summed E-state index contributed by atoms with van der Waals surface area (Å²) >= 11 is 9.00. The highest BCUT2D eigenvalue weighted by Crippen LogP contribution is 2.21. The Hall–Kier alpha value is -1.61. The Kier molecular flexibility index (Phi) is 6.22. The van der Waals surface area contributed by atoms with Crippen molar-refractivity contribution in [2.75, 3.05) is 13.2 Å². The van der Waals surface area contributed by atoms with Crippen molar-refractivity contribution >= 4 is 43.5 Å². The highest BCUT2D eigenvalue weighted by atomic mass is 79.9. The van der Waals surface area contributed by atoms with E-state index in [1.807, 2.05) is 0 Å². The number of carbonyl (C=O) groups excluding carboxylic acids is 1. The summed E-state index contributed by atoms with van der Waals surface area (Å²) < 4.78 is 33.5. The normalized spacial score (nSPS) is 11.1. The fraction of sp³-hybridized carbons (Fsp3) is 0.133. The molecule has 0 aliphatic heterocycles. The monoisotopic (exact) mass is 433 g/mol. The van der Waals surface area contributed by atoms with E-state index in [4.69, 9.17) is 26.2 Å². The third kappa shape index (κ3) is 5.20. The molecule has 2 rings (SSSR count). The quantitative estimate of drug-likeness (QED) is 0.557. The molecule has 0 fully saturated rings. The lowest BCUT2D eigenvalue weighted by Gasteiger charge is -2.09. The SMILES string of the molecule is NS(=O)(=O)c1ccc(Br)c(C(=O)OCCOc2cccc(Cl)c2)c1. The third-order valence-electron chi connectivity index (χ3n) is 2.87. The molecule has 0 saturated carbocycles. The summed E-state index contributed by atoms with van der Waals surface area (Å²) in [5.41, 5.74) is 0.0595. The number of nitrogens with two attached hydrogens (primary N) is 1. The number of ether oxygens (including phenoxy) is 2. The molecule has 0 aliphatic carbocycles. The molecule has 0 heterocycles. The van der Waals surface area contributed by atoms with E-state index in [0.717, 1.165) is 6.07 Å². The van der Waals surface area contributed by atoms with Gasteiger partial charge in [0.1, 0.15) is 19.0 Å². The molecule has 6 nitrogen and oxygen atoms in total. The number of rotatable bonds is 6. The van der Waals surface area contributed by atoms with Crippen LogP contribution in [0.25, 0.3) is 0 Å². The minimum atomic E-state index is -3.91. The van der Waals surface area contributed by atoms with Crippen molar-refractivity contribution in [2.24, 2.45) is 5.14 Å². The lowest BCUT2D eigenvalue weighted by Crippen LogP contribution is -2.15. The van der Waals surface area contributed by atoms with Gasteiger partial charge in [0.25, 0.3) is 0 Å². The fourth-order valence-corrected chi connectivity index (χ4v) is 2.89. The Balaban J connectivity index is 1.95. The molecular formula is C15H13BrClNO5S. The minimum absolute atomic E-state index is 0.0165. The van der Waals surface area contributed by atoms with Crippen LogP contribution in [0.15, 0.2) is 51.8 Å². The summed E-state index contributed by atoms with van der Waals surface area (Å²) in [6.45, 7) is 0.107. The highest BCUT2D eigenvalue weighted by molar-refractivity contribution is 9.10. The number of hydrogen-bond donors (Lipinski definition) is 1. The molecule has 2 aromatic carbocycles.